The summed E-state index contributed by atoms with van der Waals surface area (Å²) in [5.41, 5.74) is 7.29. The van der Waals surface area contributed by atoms with Crippen molar-refractivity contribution in [2.45, 2.75) is 31.7 Å². The predicted molar refractivity (Wildman–Crippen MR) is 162 cm³/mol. The van der Waals surface area contributed by atoms with Crippen LogP contribution in [0.15, 0.2) is 42.7 Å². The van der Waals surface area contributed by atoms with E-state index in [9.17, 15) is 9.59 Å². The van der Waals surface area contributed by atoms with Crippen LogP contribution in [0.2, 0.25) is 0 Å². The maximum atomic E-state index is 13.5. The summed E-state index contributed by atoms with van der Waals surface area (Å²) in [4.78, 5) is 39.5. The minimum absolute atomic E-state index is 0.0380. The van der Waals surface area contributed by atoms with E-state index in [1.807, 2.05) is 61.0 Å². The van der Waals surface area contributed by atoms with E-state index in [0.717, 1.165) is 83.0 Å². The van der Waals surface area contributed by atoms with Crippen molar-refractivity contribution in [1.82, 2.24) is 29.5 Å². The van der Waals surface area contributed by atoms with E-state index >= 15 is 0 Å². The molecule has 4 aromatic rings. The number of amides is 2. The Hall–Kier alpha value is -4.03. The van der Waals surface area contributed by atoms with Crippen LogP contribution in [-0.4, -0.2) is 89.7 Å². The number of carbonyl (C=O) groups excluding carboxylic acids is 2. The molecule has 1 aliphatic heterocycles. The number of pyridine rings is 1. The largest absolute Gasteiger partial charge is 0.453 e. The zero-order valence-electron chi connectivity index (χ0n) is 23.7. The van der Waals surface area contributed by atoms with Gasteiger partial charge >= 0.3 is 6.09 Å². The summed E-state index contributed by atoms with van der Waals surface area (Å²) in [6, 6.07) is 10.0. The van der Waals surface area contributed by atoms with Gasteiger partial charge in [-0.2, -0.15) is 5.10 Å². The molecule has 0 saturated carbocycles. The highest BCUT2D eigenvalue weighted by molar-refractivity contribution is 7.19. The van der Waals surface area contributed by atoms with Gasteiger partial charge in [-0.15, -0.1) is 0 Å². The number of rotatable bonds is 5. The predicted octanol–water partition coefficient (Wildman–Crippen LogP) is 2.76. The molecule has 0 radical (unpaired) electrons. The third kappa shape index (κ3) is 5.13. The fourth-order valence-corrected chi connectivity index (χ4v) is 6.80. The van der Waals surface area contributed by atoms with E-state index in [1.165, 1.54) is 18.4 Å². The molecule has 2 aliphatic rings. The fraction of sp³-hybridized carbons (Fsp3) is 0.345. The lowest BCUT2D eigenvalue weighted by molar-refractivity contribution is 0.0659. The van der Waals surface area contributed by atoms with Crippen LogP contribution in [0.3, 0.4) is 0 Å². The van der Waals surface area contributed by atoms with E-state index in [4.69, 9.17) is 9.84 Å². The molecule has 3 aromatic heterocycles. The van der Waals surface area contributed by atoms with Gasteiger partial charge in [-0.25, -0.2) is 14.5 Å². The van der Waals surface area contributed by atoms with Crippen molar-refractivity contribution in [3.8, 4) is 27.5 Å². The van der Waals surface area contributed by atoms with Crippen LogP contribution in [0.25, 0.3) is 27.5 Å². The maximum Gasteiger partial charge on any atom is 0.413 e. The van der Waals surface area contributed by atoms with Crippen LogP contribution in [0.5, 0.6) is 0 Å². The number of carbonyl (C=O) groups is 2. The van der Waals surface area contributed by atoms with Gasteiger partial charge in [0.25, 0.3) is 5.91 Å². The van der Waals surface area contributed by atoms with Crippen molar-refractivity contribution in [1.29, 1.82) is 0 Å². The Bertz CT molecular complexity index is 1610. The number of piperidine rings is 1. The summed E-state index contributed by atoms with van der Waals surface area (Å²) in [6.07, 6.45) is 6.48. The number of methoxy groups -OCH3 is 1. The average Bonchev–Trinajstić information content (AvgIpc) is 3.58. The Kier molecular flexibility index (Phi) is 7.35. The van der Waals surface area contributed by atoms with Gasteiger partial charge in [-0.3, -0.25) is 15.1 Å². The van der Waals surface area contributed by atoms with Gasteiger partial charge in [0.15, 0.2) is 5.13 Å². The molecule has 0 bridgehead atoms. The number of aromatic nitrogens is 4. The smallest absolute Gasteiger partial charge is 0.413 e. The van der Waals surface area contributed by atoms with Crippen LogP contribution in [0, 0.1) is 0 Å². The highest BCUT2D eigenvalue weighted by atomic mass is 32.1. The lowest BCUT2D eigenvalue weighted by Crippen LogP contribution is -2.44. The van der Waals surface area contributed by atoms with Crippen LogP contribution >= 0.6 is 11.3 Å². The zero-order valence-corrected chi connectivity index (χ0v) is 24.5. The minimum atomic E-state index is -0.554. The summed E-state index contributed by atoms with van der Waals surface area (Å²) in [7, 11) is 7.38. The molecule has 1 aromatic carbocycles. The monoisotopic (exact) mass is 569 g/mol. The van der Waals surface area contributed by atoms with Crippen LogP contribution in [0.4, 0.5) is 9.93 Å². The molecule has 210 valence electrons. The first kappa shape index (κ1) is 27.2. The van der Waals surface area contributed by atoms with Crippen molar-refractivity contribution >= 4 is 41.8 Å². The number of ether oxygens (including phenoxy) is 1. The molecule has 1 aliphatic carbocycles. The Balaban J connectivity index is 1.40. The molecular weight excluding hydrogens is 537 g/mol. The third-order valence-corrected chi connectivity index (χ3v) is 9.08. The number of nitrogens with zero attached hydrogens (tertiary/aromatic N) is 6. The second-order valence-electron chi connectivity index (χ2n) is 10.7. The Morgan fingerprint density at radius 2 is 2.00 bits per heavy atom. The maximum absolute atomic E-state index is 13.5. The number of hydrogen-bond acceptors (Lipinski definition) is 8. The minimum Gasteiger partial charge on any atom is -0.453 e. The summed E-state index contributed by atoms with van der Waals surface area (Å²) < 4.78 is 6.73. The molecule has 10 nitrogen and oxygen atoms in total. The first-order valence-electron chi connectivity index (χ1n) is 13.8. The summed E-state index contributed by atoms with van der Waals surface area (Å²) in [6.45, 7) is 2.00. The first-order chi connectivity index (χ1) is 19.8. The van der Waals surface area contributed by atoms with Gasteiger partial charge in [0, 0.05) is 42.2 Å². The normalized spacial score (nSPS) is 15.2. The summed E-state index contributed by atoms with van der Waals surface area (Å²) >= 11 is 1.41. The molecule has 1 saturated heterocycles. The zero-order chi connectivity index (χ0) is 28.7. The van der Waals surface area contributed by atoms with Gasteiger partial charge in [0.05, 0.1) is 34.8 Å². The molecule has 41 heavy (non-hydrogen) atoms. The standard InChI is InChI=1S/C29H32BN7O3S/c1-35-13-10-19(11-14-35)36(2)27(38)17-6-9-23(21(30)15-17)37-25-20(24(34-37)18-5-4-12-31-16-18)7-8-22-26(25)41-28(32-22)33-29(39)40-3/h4-6,9,12,15-16,19H,7-8,10-11,13-14,30H2,1-3H3,(H,32,33,39). The van der Waals surface area contributed by atoms with Crippen molar-refractivity contribution in [2.24, 2.45) is 0 Å². The number of benzene rings is 1. The molecule has 12 heteroatoms. The number of fused-ring (bicyclic) bond motifs is 3. The number of hydrogen-bond donors (Lipinski definition) is 1. The fourth-order valence-electron chi connectivity index (χ4n) is 5.75. The number of likely N-dealkylation sites (tertiary alicyclic amines) is 1. The Morgan fingerprint density at radius 1 is 1.20 bits per heavy atom. The van der Waals surface area contributed by atoms with Gasteiger partial charge in [0.2, 0.25) is 0 Å². The van der Waals surface area contributed by atoms with Crippen molar-refractivity contribution in [3.63, 3.8) is 0 Å². The van der Waals surface area contributed by atoms with Gasteiger partial charge in [0.1, 0.15) is 7.85 Å². The number of nitrogens with one attached hydrogen (secondary N) is 1. The topological polar surface area (TPSA) is 105 Å². The molecule has 1 fully saturated rings. The van der Waals surface area contributed by atoms with Crippen molar-refractivity contribution in [2.75, 3.05) is 39.6 Å². The average molecular weight is 570 g/mol. The number of aryl methyl sites for hydroxylation is 1. The SMILES string of the molecule is Bc1cc(C(=O)N(C)C2CCN(C)CC2)ccc1-n1nc(-c2cccnc2)c2c1-c1sc(NC(=O)OC)nc1CC2. The molecular formula is C29H32BN7O3S. The molecule has 2 amide bonds. The third-order valence-electron chi connectivity index (χ3n) is 8.07. The number of anilines is 1. The number of thiazole rings is 1. The van der Waals surface area contributed by atoms with Crippen LogP contribution in [-0.2, 0) is 17.6 Å². The first-order valence-corrected chi connectivity index (χ1v) is 14.6. The summed E-state index contributed by atoms with van der Waals surface area (Å²) in [5.74, 6) is 0.0380. The van der Waals surface area contributed by atoms with E-state index in [2.05, 4.69) is 27.2 Å². The van der Waals surface area contributed by atoms with Gasteiger partial charge in [-0.1, -0.05) is 22.9 Å². The van der Waals surface area contributed by atoms with Gasteiger partial charge in [-0.05, 0) is 70.1 Å². The highest BCUT2D eigenvalue weighted by Gasteiger charge is 2.31. The molecule has 0 unspecified atom stereocenters. The highest BCUT2D eigenvalue weighted by Crippen LogP contribution is 2.44. The summed E-state index contributed by atoms with van der Waals surface area (Å²) in [5, 5.41) is 8.31. The van der Waals surface area contributed by atoms with Crippen LogP contribution < -0.4 is 10.8 Å². The lowest BCUT2D eigenvalue weighted by Gasteiger charge is -2.35. The van der Waals surface area contributed by atoms with E-state index < -0.39 is 6.09 Å². The van der Waals surface area contributed by atoms with E-state index in [0.29, 0.717) is 10.7 Å². The van der Waals surface area contributed by atoms with E-state index in [-0.39, 0.29) is 11.9 Å². The lowest BCUT2D eigenvalue weighted by atomic mass is 9.91. The molecule has 4 heterocycles. The molecule has 0 atom stereocenters. The van der Waals surface area contributed by atoms with Crippen molar-refractivity contribution in [3.05, 3.63) is 59.5 Å². The molecule has 6 rings (SSSR count). The molecule has 1 N–H and O–H groups in total. The van der Waals surface area contributed by atoms with E-state index in [1.54, 1.807) is 6.20 Å². The van der Waals surface area contributed by atoms with Gasteiger partial charge < -0.3 is 14.5 Å². The quantitative estimate of drug-likeness (QED) is 0.369. The van der Waals surface area contributed by atoms with Crippen molar-refractivity contribution < 1.29 is 14.3 Å². The molecule has 0 spiro atoms. The Morgan fingerprint density at radius 3 is 2.71 bits per heavy atom. The second-order valence-corrected chi connectivity index (χ2v) is 11.7. The Labute approximate surface area is 243 Å². The second kappa shape index (κ2) is 11.1. The van der Waals surface area contributed by atoms with Crippen LogP contribution in [0.1, 0.15) is 34.5 Å².